The zero-order chi connectivity index (χ0) is 17.7. The lowest BCUT2D eigenvalue weighted by atomic mass is 10.2. The lowest BCUT2D eigenvalue weighted by molar-refractivity contribution is -0.105. The molecule has 128 valence electrons. The largest absolute Gasteiger partial charge is 0.398 e. The maximum absolute atomic E-state index is 12.4. The Morgan fingerprint density at radius 2 is 2.12 bits per heavy atom. The van der Waals surface area contributed by atoms with Crippen LogP contribution < -0.4 is 5.32 Å². The molecule has 8 heteroatoms. The highest BCUT2D eigenvalue weighted by atomic mass is 35.5. The van der Waals surface area contributed by atoms with Crippen LogP contribution in [-0.4, -0.2) is 29.8 Å². The molecule has 0 spiro atoms. The predicted molar refractivity (Wildman–Crippen MR) is 92.5 cm³/mol. The number of nitrogens with one attached hydrogen (secondary N) is 1. The number of benzene rings is 1. The van der Waals surface area contributed by atoms with Gasteiger partial charge >= 0.3 is 6.18 Å². The summed E-state index contributed by atoms with van der Waals surface area (Å²) < 4.78 is 37.3. The molecule has 0 aliphatic rings. The van der Waals surface area contributed by atoms with Gasteiger partial charge in [-0.3, -0.25) is 4.98 Å². The minimum Gasteiger partial charge on any atom is -0.373 e. The Labute approximate surface area is 147 Å². The Morgan fingerprint density at radius 3 is 2.71 bits per heavy atom. The van der Waals surface area contributed by atoms with Crippen molar-refractivity contribution in [1.82, 2.24) is 10.3 Å². The molecule has 0 radical (unpaired) electrons. The molecule has 0 fully saturated rings. The first-order valence-electron chi connectivity index (χ1n) is 6.96. The van der Waals surface area contributed by atoms with Gasteiger partial charge in [0.15, 0.2) is 0 Å². The third kappa shape index (κ3) is 5.14. The van der Waals surface area contributed by atoms with Crippen LogP contribution in [0.1, 0.15) is 11.1 Å². The molecule has 0 atom stereocenters. The predicted octanol–water partition coefficient (Wildman–Crippen LogP) is 5.00. The molecule has 0 saturated carbocycles. The first kappa shape index (κ1) is 18.6. The normalized spacial score (nSPS) is 12.3. The van der Waals surface area contributed by atoms with Crippen molar-refractivity contribution >= 4 is 34.9 Å². The van der Waals surface area contributed by atoms with E-state index in [4.69, 9.17) is 11.6 Å². The molecule has 2 rings (SSSR count). The average molecular weight is 374 g/mol. The third-order valence-electron chi connectivity index (χ3n) is 3.05. The van der Waals surface area contributed by atoms with Crippen LogP contribution in [0.5, 0.6) is 0 Å². The fourth-order valence-electron chi connectivity index (χ4n) is 1.92. The summed E-state index contributed by atoms with van der Waals surface area (Å²) in [6, 6.07) is 6.81. The molecule has 2 aromatic rings. The van der Waals surface area contributed by atoms with E-state index >= 15 is 0 Å². The number of alkyl halides is 3. The van der Waals surface area contributed by atoms with Gasteiger partial charge in [-0.2, -0.15) is 13.2 Å². The maximum Gasteiger partial charge on any atom is 0.398 e. The summed E-state index contributed by atoms with van der Waals surface area (Å²) in [7, 11) is 1.72. The van der Waals surface area contributed by atoms with Gasteiger partial charge in [0.25, 0.3) is 0 Å². The van der Waals surface area contributed by atoms with Gasteiger partial charge in [0, 0.05) is 29.9 Å². The molecule has 1 aromatic heterocycles. The molecule has 0 aliphatic heterocycles. The topological polar surface area (TPSA) is 37.3 Å². The van der Waals surface area contributed by atoms with Crippen molar-refractivity contribution in [3.8, 4) is 0 Å². The number of amidine groups is 1. The van der Waals surface area contributed by atoms with Crippen LogP contribution in [0.25, 0.3) is 0 Å². The van der Waals surface area contributed by atoms with Gasteiger partial charge in [0.05, 0.1) is 16.5 Å². The lowest BCUT2D eigenvalue weighted by Gasteiger charge is -2.11. The minimum absolute atomic E-state index is 0.285. The number of thioether (sulfide) groups is 1. The van der Waals surface area contributed by atoms with Crippen molar-refractivity contribution in [3.05, 3.63) is 52.8 Å². The first-order chi connectivity index (χ1) is 11.3. The number of halogens is 4. The van der Waals surface area contributed by atoms with Gasteiger partial charge in [-0.1, -0.05) is 11.6 Å². The summed E-state index contributed by atoms with van der Waals surface area (Å²) in [4.78, 5) is 8.89. The third-order valence-corrected chi connectivity index (χ3v) is 4.59. The van der Waals surface area contributed by atoms with E-state index < -0.39 is 11.9 Å². The molecule has 24 heavy (non-hydrogen) atoms. The minimum atomic E-state index is -4.26. The number of pyridine rings is 1. The molecular formula is C16H15ClF3N3S. The van der Waals surface area contributed by atoms with Crippen molar-refractivity contribution < 1.29 is 13.2 Å². The van der Waals surface area contributed by atoms with Crippen LogP contribution >= 0.6 is 23.4 Å². The highest BCUT2D eigenvalue weighted by Crippen LogP contribution is 2.36. The molecule has 1 heterocycles. The second-order valence-electron chi connectivity index (χ2n) is 4.93. The lowest BCUT2D eigenvalue weighted by Crippen LogP contribution is -2.19. The maximum atomic E-state index is 12.4. The molecule has 0 unspecified atom stereocenters. The van der Waals surface area contributed by atoms with Crippen molar-refractivity contribution in [3.63, 3.8) is 0 Å². The van der Waals surface area contributed by atoms with E-state index in [2.05, 4.69) is 15.3 Å². The number of hydrogen-bond acceptors (Lipinski definition) is 3. The van der Waals surface area contributed by atoms with E-state index in [9.17, 15) is 13.2 Å². The Hall–Kier alpha value is -1.73. The van der Waals surface area contributed by atoms with Crippen molar-refractivity contribution in [2.45, 2.75) is 18.0 Å². The van der Waals surface area contributed by atoms with Gasteiger partial charge in [0.2, 0.25) is 0 Å². The van der Waals surface area contributed by atoms with Crippen LogP contribution in [-0.2, 0) is 0 Å². The SMILES string of the molecule is CN/C(=N\c1cc(SCC(F)(F)F)c(Cl)cc1C)c1cccnc1. The summed E-state index contributed by atoms with van der Waals surface area (Å²) in [6.45, 7) is 1.81. The molecular weight excluding hydrogens is 359 g/mol. The second-order valence-corrected chi connectivity index (χ2v) is 6.35. The Bertz CT molecular complexity index is 733. The molecule has 0 aliphatic carbocycles. The van der Waals surface area contributed by atoms with Crippen LogP contribution in [0.4, 0.5) is 18.9 Å². The summed E-state index contributed by atoms with van der Waals surface area (Å²) in [5.41, 5.74) is 2.10. The van der Waals surface area contributed by atoms with Gasteiger partial charge in [0.1, 0.15) is 5.84 Å². The molecule has 3 nitrogen and oxygen atoms in total. The average Bonchev–Trinajstić information content (AvgIpc) is 2.53. The standard InChI is InChI=1S/C16H15ClF3N3S/c1-10-6-12(17)14(24-9-16(18,19)20)7-13(10)23-15(21-2)11-4-3-5-22-8-11/h3-8H,9H2,1-2H3,(H,21,23). The molecule has 0 bridgehead atoms. The van der Waals surface area contributed by atoms with E-state index in [1.165, 1.54) is 0 Å². The highest BCUT2D eigenvalue weighted by Gasteiger charge is 2.27. The molecule has 0 saturated heterocycles. The first-order valence-corrected chi connectivity index (χ1v) is 8.33. The fourth-order valence-corrected chi connectivity index (χ4v) is 3.01. The number of aromatic nitrogens is 1. The summed E-state index contributed by atoms with van der Waals surface area (Å²) in [6.07, 6.45) is -0.954. The Kier molecular flexibility index (Phi) is 6.12. The summed E-state index contributed by atoms with van der Waals surface area (Å²) in [5.74, 6) is -0.430. The zero-order valence-electron chi connectivity index (χ0n) is 13.0. The number of aryl methyl sites for hydroxylation is 1. The Balaban J connectivity index is 2.37. The monoisotopic (exact) mass is 373 g/mol. The van der Waals surface area contributed by atoms with Crippen LogP contribution in [0, 0.1) is 6.92 Å². The van der Waals surface area contributed by atoms with E-state index in [0.29, 0.717) is 28.2 Å². The van der Waals surface area contributed by atoms with E-state index in [1.807, 2.05) is 6.07 Å². The van der Waals surface area contributed by atoms with Gasteiger partial charge in [-0.15, -0.1) is 11.8 Å². The van der Waals surface area contributed by atoms with Crippen LogP contribution in [0.3, 0.4) is 0 Å². The van der Waals surface area contributed by atoms with Crippen molar-refractivity contribution in [2.75, 3.05) is 12.8 Å². The quantitative estimate of drug-likeness (QED) is 0.465. The number of hydrogen-bond donors (Lipinski definition) is 1. The Morgan fingerprint density at radius 1 is 1.38 bits per heavy atom. The molecule has 1 aromatic carbocycles. The van der Waals surface area contributed by atoms with E-state index in [0.717, 1.165) is 11.1 Å². The number of nitrogens with zero attached hydrogens (tertiary/aromatic N) is 2. The summed E-state index contributed by atoms with van der Waals surface area (Å²) in [5, 5.41) is 3.26. The van der Waals surface area contributed by atoms with Gasteiger partial charge in [-0.05, 0) is 36.8 Å². The van der Waals surface area contributed by atoms with Gasteiger partial charge < -0.3 is 5.32 Å². The fraction of sp³-hybridized carbons (Fsp3) is 0.250. The van der Waals surface area contributed by atoms with Crippen molar-refractivity contribution in [2.24, 2.45) is 4.99 Å². The van der Waals surface area contributed by atoms with Crippen LogP contribution in [0.15, 0.2) is 46.5 Å². The van der Waals surface area contributed by atoms with Gasteiger partial charge in [-0.25, -0.2) is 4.99 Å². The molecule has 0 amide bonds. The number of rotatable bonds is 4. The number of aliphatic imine (C=N–C) groups is 1. The summed E-state index contributed by atoms with van der Waals surface area (Å²) >= 11 is 6.70. The van der Waals surface area contributed by atoms with E-state index in [-0.39, 0.29) is 5.02 Å². The zero-order valence-corrected chi connectivity index (χ0v) is 14.6. The van der Waals surface area contributed by atoms with Crippen LogP contribution in [0.2, 0.25) is 5.02 Å². The van der Waals surface area contributed by atoms with Crippen molar-refractivity contribution in [1.29, 1.82) is 0 Å². The highest BCUT2D eigenvalue weighted by molar-refractivity contribution is 7.99. The smallest absolute Gasteiger partial charge is 0.373 e. The second kappa shape index (κ2) is 7.90. The van der Waals surface area contributed by atoms with E-state index in [1.54, 1.807) is 44.6 Å². The molecule has 1 N–H and O–H groups in total.